The Labute approximate surface area is 108 Å². The SMILES string of the molecule is Cc1cc(CO)nn1-c1ccc(C(C)(C)C)cc1. The predicted octanol–water partition coefficient (Wildman–Crippen LogP) is 2.97. The zero-order valence-corrected chi connectivity index (χ0v) is 11.4. The summed E-state index contributed by atoms with van der Waals surface area (Å²) in [5, 5.41) is 13.5. The van der Waals surface area contributed by atoms with E-state index in [9.17, 15) is 0 Å². The Morgan fingerprint density at radius 3 is 2.22 bits per heavy atom. The van der Waals surface area contributed by atoms with E-state index in [0.717, 1.165) is 11.4 Å². The summed E-state index contributed by atoms with van der Waals surface area (Å²) in [6.45, 7) is 8.57. The van der Waals surface area contributed by atoms with Crippen molar-refractivity contribution in [1.82, 2.24) is 9.78 Å². The smallest absolute Gasteiger partial charge is 0.0886 e. The van der Waals surface area contributed by atoms with Gasteiger partial charge in [-0.3, -0.25) is 0 Å². The lowest BCUT2D eigenvalue weighted by Crippen LogP contribution is -2.11. The second-order valence-corrected chi connectivity index (χ2v) is 5.64. The van der Waals surface area contributed by atoms with Crippen LogP contribution in [0.3, 0.4) is 0 Å². The van der Waals surface area contributed by atoms with Crippen LogP contribution in [0.25, 0.3) is 5.69 Å². The largest absolute Gasteiger partial charge is 0.390 e. The third-order valence-electron chi connectivity index (χ3n) is 3.08. The lowest BCUT2D eigenvalue weighted by atomic mass is 9.87. The second-order valence-electron chi connectivity index (χ2n) is 5.64. The van der Waals surface area contributed by atoms with Crippen molar-refractivity contribution in [3.63, 3.8) is 0 Å². The van der Waals surface area contributed by atoms with Crippen molar-refractivity contribution in [2.75, 3.05) is 0 Å². The predicted molar refractivity (Wildman–Crippen MR) is 72.9 cm³/mol. The molecule has 96 valence electrons. The van der Waals surface area contributed by atoms with Gasteiger partial charge in [0.1, 0.15) is 0 Å². The zero-order valence-electron chi connectivity index (χ0n) is 11.4. The molecule has 0 unspecified atom stereocenters. The van der Waals surface area contributed by atoms with E-state index in [1.165, 1.54) is 5.56 Å². The van der Waals surface area contributed by atoms with E-state index < -0.39 is 0 Å². The fourth-order valence-electron chi connectivity index (χ4n) is 1.98. The molecule has 1 aromatic carbocycles. The minimum absolute atomic E-state index is 0.0199. The van der Waals surface area contributed by atoms with Gasteiger partial charge < -0.3 is 5.11 Å². The Kier molecular flexibility index (Phi) is 3.26. The van der Waals surface area contributed by atoms with Crippen LogP contribution in [0.2, 0.25) is 0 Å². The van der Waals surface area contributed by atoms with E-state index in [1.54, 1.807) is 0 Å². The quantitative estimate of drug-likeness (QED) is 0.882. The minimum Gasteiger partial charge on any atom is -0.390 e. The first-order valence-corrected chi connectivity index (χ1v) is 6.19. The number of nitrogens with zero attached hydrogens (tertiary/aromatic N) is 2. The highest BCUT2D eigenvalue weighted by Crippen LogP contribution is 2.23. The third-order valence-corrected chi connectivity index (χ3v) is 3.08. The van der Waals surface area contributed by atoms with Crippen molar-refractivity contribution in [3.05, 3.63) is 47.3 Å². The van der Waals surface area contributed by atoms with Crippen molar-refractivity contribution >= 4 is 0 Å². The summed E-state index contributed by atoms with van der Waals surface area (Å²) >= 11 is 0. The molecular weight excluding hydrogens is 224 g/mol. The molecule has 1 aromatic heterocycles. The molecule has 0 saturated heterocycles. The maximum atomic E-state index is 9.10. The molecule has 3 nitrogen and oxygen atoms in total. The molecule has 1 heterocycles. The molecule has 0 saturated carbocycles. The molecule has 0 aliphatic heterocycles. The molecule has 0 aliphatic carbocycles. The number of rotatable bonds is 2. The normalized spacial score (nSPS) is 11.8. The maximum absolute atomic E-state index is 9.10. The van der Waals surface area contributed by atoms with Crippen molar-refractivity contribution in [3.8, 4) is 5.69 Å². The number of aromatic nitrogens is 2. The highest BCUT2D eigenvalue weighted by atomic mass is 16.3. The Hall–Kier alpha value is -1.61. The van der Waals surface area contributed by atoms with Gasteiger partial charge in [-0.2, -0.15) is 5.10 Å². The molecule has 0 amide bonds. The van der Waals surface area contributed by atoms with Crippen molar-refractivity contribution < 1.29 is 5.11 Å². The number of hydrogen-bond donors (Lipinski definition) is 1. The van der Waals surface area contributed by atoms with Gasteiger partial charge in [0.15, 0.2) is 0 Å². The van der Waals surface area contributed by atoms with E-state index in [0.29, 0.717) is 5.69 Å². The monoisotopic (exact) mass is 244 g/mol. The van der Waals surface area contributed by atoms with Crippen LogP contribution in [-0.4, -0.2) is 14.9 Å². The van der Waals surface area contributed by atoms with Gasteiger partial charge in [-0.15, -0.1) is 0 Å². The Morgan fingerprint density at radius 2 is 1.78 bits per heavy atom. The molecule has 0 bridgehead atoms. The molecule has 18 heavy (non-hydrogen) atoms. The van der Waals surface area contributed by atoms with Crippen molar-refractivity contribution in [2.45, 2.75) is 39.7 Å². The summed E-state index contributed by atoms with van der Waals surface area (Å²) < 4.78 is 1.86. The Balaban J connectivity index is 2.37. The second kappa shape index (κ2) is 4.58. The fraction of sp³-hybridized carbons (Fsp3) is 0.400. The van der Waals surface area contributed by atoms with Crippen molar-refractivity contribution in [1.29, 1.82) is 0 Å². The third kappa shape index (κ3) is 2.46. The fourth-order valence-corrected chi connectivity index (χ4v) is 1.98. The van der Waals surface area contributed by atoms with E-state index >= 15 is 0 Å². The molecule has 3 heteroatoms. The van der Waals surface area contributed by atoms with Crippen LogP contribution >= 0.6 is 0 Å². The number of benzene rings is 1. The number of aliphatic hydroxyl groups excluding tert-OH is 1. The van der Waals surface area contributed by atoms with Gasteiger partial charge in [-0.05, 0) is 36.1 Å². The van der Waals surface area contributed by atoms with Crippen LogP contribution in [0.15, 0.2) is 30.3 Å². The van der Waals surface area contributed by atoms with Crippen LogP contribution in [0, 0.1) is 6.92 Å². The van der Waals surface area contributed by atoms with Gasteiger partial charge in [0.2, 0.25) is 0 Å². The molecule has 0 atom stereocenters. The molecule has 0 aliphatic rings. The van der Waals surface area contributed by atoms with E-state index in [4.69, 9.17) is 5.11 Å². The van der Waals surface area contributed by atoms with E-state index in [2.05, 4.69) is 50.1 Å². The van der Waals surface area contributed by atoms with Crippen LogP contribution in [0.4, 0.5) is 0 Å². The molecular formula is C15H20N2O. The standard InChI is InChI=1S/C15H20N2O/c1-11-9-13(10-18)16-17(11)14-7-5-12(6-8-14)15(2,3)4/h5-9,18H,10H2,1-4H3. The van der Waals surface area contributed by atoms with Gasteiger partial charge in [0.25, 0.3) is 0 Å². The van der Waals surface area contributed by atoms with Gasteiger partial charge in [0, 0.05) is 5.69 Å². The van der Waals surface area contributed by atoms with Gasteiger partial charge in [0.05, 0.1) is 18.0 Å². The molecule has 0 spiro atoms. The Morgan fingerprint density at radius 1 is 1.17 bits per heavy atom. The lowest BCUT2D eigenvalue weighted by Gasteiger charge is -2.19. The van der Waals surface area contributed by atoms with Gasteiger partial charge >= 0.3 is 0 Å². The first kappa shape index (κ1) is 12.8. The van der Waals surface area contributed by atoms with Crippen LogP contribution in [0.5, 0.6) is 0 Å². The van der Waals surface area contributed by atoms with Gasteiger partial charge in [-0.1, -0.05) is 32.9 Å². The van der Waals surface area contributed by atoms with Crippen LogP contribution in [-0.2, 0) is 12.0 Å². The van der Waals surface area contributed by atoms with Crippen molar-refractivity contribution in [2.24, 2.45) is 0 Å². The summed E-state index contributed by atoms with van der Waals surface area (Å²) in [7, 11) is 0. The summed E-state index contributed by atoms with van der Waals surface area (Å²) in [5.74, 6) is 0. The summed E-state index contributed by atoms with van der Waals surface area (Å²) in [4.78, 5) is 0. The number of aryl methyl sites for hydroxylation is 1. The maximum Gasteiger partial charge on any atom is 0.0886 e. The molecule has 0 radical (unpaired) electrons. The molecule has 1 N–H and O–H groups in total. The first-order valence-electron chi connectivity index (χ1n) is 6.19. The van der Waals surface area contributed by atoms with Gasteiger partial charge in [-0.25, -0.2) is 4.68 Å². The summed E-state index contributed by atoms with van der Waals surface area (Å²) in [5.41, 5.74) is 4.22. The van der Waals surface area contributed by atoms with Crippen LogP contribution < -0.4 is 0 Å². The molecule has 0 fully saturated rings. The van der Waals surface area contributed by atoms with Crippen LogP contribution in [0.1, 0.15) is 37.7 Å². The van der Waals surface area contributed by atoms with E-state index in [1.807, 2.05) is 17.7 Å². The van der Waals surface area contributed by atoms with E-state index in [-0.39, 0.29) is 12.0 Å². The Bertz CT molecular complexity index is 533. The highest BCUT2D eigenvalue weighted by molar-refractivity contribution is 5.38. The first-order chi connectivity index (χ1) is 8.41. The topological polar surface area (TPSA) is 38.1 Å². The lowest BCUT2D eigenvalue weighted by molar-refractivity contribution is 0.276. The summed E-state index contributed by atoms with van der Waals surface area (Å²) in [6, 6.07) is 10.3. The zero-order chi connectivity index (χ0) is 13.3. The average molecular weight is 244 g/mol. The number of aliphatic hydroxyl groups is 1. The summed E-state index contributed by atoms with van der Waals surface area (Å²) in [6.07, 6.45) is 0. The molecule has 2 aromatic rings. The highest BCUT2D eigenvalue weighted by Gasteiger charge is 2.13. The minimum atomic E-state index is -0.0199. The molecule has 2 rings (SSSR count). The number of hydrogen-bond acceptors (Lipinski definition) is 2. The average Bonchev–Trinajstić information content (AvgIpc) is 2.70.